The molecule has 0 aliphatic carbocycles. The van der Waals surface area contributed by atoms with E-state index < -0.39 is 0 Å². The van der Waals surface area contributed by atoms with E-state index in [9.17, 15) is 4.79 Å². The van der Waals surface area contributed by atoms with Crippen molar-refractivity contribution < 1.29 is 4.79 Å². The van der Waals surface area contributed by atoms with Gasteiger partial charge >= 0.3 is 6.03 Å². The summed E-state index contributed by atoms with van der Waals surface area (Å²) < 4.78 is 0. The molecule has 0 spiro atoms. The average molecular weight is 269 g/mol. The van der Waals surface area contributed by atoms with E-state index in [0.717, 1.165) is 26.1 Å². The van der Waals surface area contributed by atoms with Crippen molar-refractivity contribution in [2.45, 2.75) is 52.4 Å². The van der Waals surface area contributed by atoms with Crippen molar-refractivity contribution in [3.05, 3.63) is 0 Å². The van der Waals surface area contributed by atoms with Crippen LogP contribution in [0.5, 0.6) is 0 Å². The van der Waals surface area contributed by atoms with Crippen molar-refractivity contribution in [1.29, 1.82) is 0 Å². The minimum atomic E-state index is 0.0843. The van der Waals surface area contributed by atoms with E-state index in [2.05, 4.69) is 10.2 Å². The molecular weight excluding hydrogens is 238 g/mol. The van der Waals surface area contributed by atoms with E-state index in [1.54, 1.807) is 0 Å². The second-order valence-electron chi connectivity index (χ2n) is 5.37. The maximum atomic E-state index is 11.7. The van der Waals surface area contributed by atoms with Gasteiger partial charge in [0.25, 0.3) is 0 Å². The third kappa shape index (κ3) is 6.81. The summed E-state index contributed by atoms with van der Waals surface area (Å²) in [6, 6.07) is 0.0843. The summed E-state index contributed by atoms with van der Waals surface area (Å²) in [5, 5.41) is 3.00. The fourth-order valence-electron chi connectivity index (χ4n) is 2.64. The fraction of sp³-hybridized carbons (Fsp3) is 0.933. The second kappa shape index (κ2) is 10.1. The number of urea groups is 1. The van der Waals surface area contributed by atoms with Gasteiger partial charge < -0.3 is 15.1 Å². The van der Waals surface area contributed by atoms with Gasteiger partial charge in [0.15, 0.2) is 0 Å². The lowest BCUT2D eigenvalue weighted by molar-refractivity contribution is 0.202. The van der Waals surface area contributed by atoms with Crippen LogP contribution in [0, 0.1) is 0 Å². The number of nitrogens with one attached hydrogen (secondary N) is 1. The minimum absolute atomic E-state index is 0.0843. The number of amides is 2. The van der Waals surface area contributed by atoms with Crippen molar-refractivity contribution in [2.75, 3.05) is 39.3 Å². The summed E-state index contributed by atoms with van der Waals surface area (Å²) in [5.74, 6) is 0. The van der Waals surface area contributed by atoms with Gasteiger partial charge in [0.1, 0.15) is 0 Å². The highest BCUT2D eigenvalue weighted by molar-refractivity contribution is 5.73. The van der Waals surface area contributed by atoms with Crippen LogP contribution in [0.4, 0.5) is 4.79 Å². The second-order valence-corrected chi connectivity index (χ2v) is 5.37. The monoisotopic (exact) mass is 269 g/mol. The molecule has 0 saturated carbocycles. The predicted molar refractivity (Wildman–Crippen MR) is 80.5 cm³/mol. The molecule has 1 saturated heterocycles. The Bertz CT molecular complexity index is 236. The lowest BCUT2D eigenvalue weighted by atomic mass is 10.1. The van der Waals surface area contributed by atoms with E-state index in [-0.39, 0.29) is 6.03 Å². The van der Waals surface area contributed by atoms with E-state index >= 15 is 0 Å². The number of carbonyl (C=O) groups is 1. The normalized spacial score (nSPS) is 16.3. The molecule has 0 unspecified atom stereocenters. The molecule has 19 heavy (non-hydrogen) atoms. The van der Waals surface area contributed by atoms with Gasteiger partial charge in [-0.25, -0.2) is 4.79 Å². The van der Waals surface area contributed by atoms with Crippen LogP contribution in [0.3, 0.4) is 0 Å². The molecule has 2 amide bonds. The van der Waals surface area contributed by atoms with Crippen LogP contribution in [0.2, 0.25) is 0 Å². The van der Waals surface area contributed by atoms with Crippen LogP contribution in [-0.4, -0.2) is 55.1 Å². The average Bonchev–Trinajstić information content (AvgIpc) is 2.45. The van der Waals surface area contributed by atoms with Gasteiger partial charge in [-0.3, -0.25) is 0 Å². The Kier molecular flexibility index (Phi) is 8.63. The highest BCUT2D eigenvalue weighted by atomic mass is 16.2. The van der Waals surface area contributed by atoms with Gasteiger partial charge in [-0.15, -0.1) is 0 Å². The number of nitrogens with zero attached hydrogens (tertiary/aromatic N) is 2. The summed E-state index contributed by atoms with van der Waals surface area (Å²) in [6.45, 7) is 10.2. The van der Waals surface area contributed by atoms with Crippen LogP contribution in [0.1, 0.15) is 52.4 Å². The largest absolute Gasteiger partial charge is 0.338 e. The molecule has 0 aromatic heterocycles. The Balaban J connectivity index is 1.94. The summed E-state index contributed by atoms with van der Waals surface area (Å²) in [5.41, 5.74) is 0. The number of piperidine rings is 1. The van der Waals surface area contributed by atoms with E-state index in [1.165, 1.54) is 51.7 Å². The first kappa shape index (κ1) is 16.3. The number of hydrogen-bond acceptors (Lipinski definition) is 2. The number of unbranched alkanes of at least 4 members (excludes halogenated alkanes) is 2. The number of carbonyl (C=O) groups excluding carboxylic acids is 1. The number of likely N-dealkylation sites (tertiary alicyclic amines) is 1. The molecule has 4 heteroatoms. The molecule has 1 heterocycles. The minimum Gasteiger partial charge on any atom is -0.338 e. The predicted octanol–water partition coefficient (Wildman–Crippen LogP) is 2.69. The van der Waals surface area contributed by atoms with Crippen LogP contribution in [0.15, 0.2) is 0 Å². The molecule has 0 aromatic carbocycles. The molecule has 1 rings (SSSR count). The maximum Gasteiger partial charge on any atom is 0.317 e. The zero-order chi connectivity index (χ0) is 13.9. The molecule has 0 radical (unpaired) electrons. The highest BCUT2D eigenvalue weighted by Crippen LogP contribution is 2.09. The maximum absolute atomic E-state index is 11.7. The summed E-state index contributed by atoms with van der Waals surface area (Å²) in [4.78, 5) is 16.1. The Morgan fingerprint density at radius 1 is 1.05 bits per heavy atom. The lowest BCUT2D eigenvalue weighted by Crippen LogP contribution is -2.40. The van der Waals surface area contributed by atoms with Crippen molar-refractivity contribution in [3.8, 4) is 0 Å². The first-order valence-electron chi connectivity index (χ1n) is 8.03. The molecule has 112 valence electrons. The van der Waals surface area contributed by atoms with Crippen molar-refractivity contribution >= 4 is 6.03 Å². The first-order valence-corrected chi connectivity index (χ1v) is 8.03. The van der Waals surface area contributed by atoms with Crippen LogP contribution >= 0.6 is 0 Å². The van der Waals surface area contributed by atoms with Gasteiger partial charge in [0, 0.05) is 19.6 Å². The summed E-state index contributed by atoms with van der Waals surface area (Å²) in [7, 11) is 0. The zero-order valence-corrected chi connectivity index (χ0v) is 12.8. The van der Waals surface area contributed by atoms with Crippen LogP contribution in [-0.2, 0) is 0 Å². The van der Waals surface area contributed by atoms with Gasteiger partial charge in [-0.05, 0) is 59.2 Å². The van der Waals surface area contributed by atoms with Crippen molar-refractivity contribution in [2.24, 2.45) is 0 Å². The van der Waals surface area contributed by atoms with Gasteiger partial charge in [0.2, 0.25) is 0 Å². The van der Waals surface area contributed by atoms with Crippen LogP contribution < -0.4 is 5.32 Å². The molecule has 1 N–H and O–H groups in total. The SMILES string of the molecule is CCN(CC)C(=O)NCCCCCN1CCCCC1. The van der Waals surface area contributed by atoms with Crippen molar-refractivity contribution in [1.82, 2.24) is 15.1 Å². The van der Waals surface area contributed by atoms with Crippen molar-refractivity contribution in [3.63, 3.8) is 0 Å². The first-order chi connectivity index (χ1) is 9.27. The molecule has 0 aromatic rings. The Morgan fingerprint density at radius 3 is 2.37 bits per heavy atom. The zero-order valence-electron chi connectivity index (χ0n) is 12.8. The van der Waals surface area contributed by atoms with Gasteiger partial charge in [-0.1, -0.05) is 12.8 Å². The van der Waals surface area contributed by atoms with Gasteiger partial charge in [0.05, 0.1) is 0 Å². The topological polar surface area (TPSA) is 35.6 Å². The molecule has 1 aliphatic heterocycles. The third-order valence-corrected chi connectivity index (χ3v) is 3.93. The smallest absolute Gasteiger partial charge is 0.317 e. The number of rotatable bonds is 8. The van der Waals surface area contributed by atoms with E-state index in [4.69, 9.17) is 0 Å². The fourth-order valence-corrected chi connectivity index (χ4v) is 2.64. The van der Waals surface area contributed by atoms with E-state index in [1.807, 2.05) is 18.7 Å². The molecule has 0 bridgehead atoms. The Morgan fingerprint density at radius 2 is 1.74 bits per heavy atom. The third-order valence-electron chi connectivity index (χ3n) is 3.93. The Hall–Kier alpha value is -0.770. The summed E-state index contributed by atoms with van der Waals surface area (Å²) >= 11 is 0. The molecule has 4 nitrogen and oxygen atoms in total. The standard InChI is InChI=1S/C15H31N3O/c1-3-18(4-2)15(19)16-11-7-5-8-12-17-13-9-6-10-14-17/h3-14H2,1-2H3,(H,16,19). The molecular formula is C15H31N3O. The Labute approximate surface area is 118 Å². The molecule has 1 aliphatic rings. The quantitative estimate of drug-likeness (QED) is 0.688. The molecule has 0 atom stereocenters. The van der Waals surface area contributed by atoms with Crippen LogP contribution in [0.25, 0.3) is 0 Å². The van der Waals surface area contributed by atoms with Gasteiger partial charge in [-0.2, -0.15) is 0 Å². The highest BCUT2D eigenvalue weighted by Gasteiger charge is 2.09. The number of hydrogen-bond donors (Lipinski definition) is 1. The molecule has 1 fully saturated rings. The lowest BCUT2D eigenvalue weighted by Gasteiger charge is -2.26. The summed E-state index contributed by atoms with van der Waals surface area (Å²) in [6.07, 6.45) is 7.74. The van der Waals surface area contributed by atoms with E-state index in [0.29, 0.717) is 0 Å².